The first-order chi connectivity index (χ1) is 14.2. The molecule has 5 rings (SSSR count). The Hall–Kier alpha value is -1.63. The van der Waals surface area contributed by atoms with Crippen molar-refractivity contribution < 1.29 is 4.79 Å². The Labute approximate surface area is 180 Å². The first-order valence-electron chi connectivity index (χ1n) is 10.5. The number of hydrogen-bond acceptors (Lipinski definition) is 5. The van der Waals surface area contributed by atoms with E-state index in [1.54, 1.807) is 0 Å². The normalized spacial score (nSPS) is 26.1. The van der Waals surface area contributed by atoms with Crippen LogP contribution in [0.15, 0.2) is 39.7 Å². The standard InChI is InChI=1S/C22H25ClN4OS/c23-16-8-6-15(7-9-16)18-14-29-20-19(18)24-22(25-21(20)28)27-12-10-26(11-13-27)17-4-2-1-3-5-17/h6-9,14,17,20H,1-5,10-13H2. The number of piperazine rings is 1. The Balaban J connectivity index is 1.31. The summed E-state index contributed by atoms with van der Waals surface area (Å²) in [4.78, 5) is 26.7. The minimum absolute atomic E-state index is 0.0927. The van der Waals surface area contributed by atoms with Gasteiger partial charge in [-0.3, -0.25) is 9.69 Å². The van der Waals surface area contributed by atoms with Crippen LogP contribution in [0.25, 0.3) is 5.57 Å². The van der Waals surface area contributed by atoms with Gasteiger partial charge in [-0.2, -0.15) is 4.99 Å². The molecule has 1 amide bonds. The van der Waals surface area contributed by atoms with Gasteiger partial charge in [0.1, 0.15) is 5.25 Å². The number of carbonyl (C=O) groups is 1. The molecule has 2 fully saturated rings. The monoisotopic (exact) mass is 428 g/mol. The zero-order valence-corrected chi connectivity index (χ0v) is 18.0. The number of rotatable bonds is 2. The molecule has 152 valence electrons. The van der Waals surface area contributed by atoms with Crippen molar-refractivity contribution in [1.29, 1.82) is 0 Å². The van der Waals surface area contributed by atoms with E-state index in [4.69, 9.17) is 16.6 Å². The number of nitrogens with zero attached hydrogens (tertiary/aromatic N) is 4. The number of carbonyl (C=O) groups excluding carboxylic acids is 1. The summed E-state index contributed by atoms with van der Waals surface area (Å²) >= 11 is 7.53. The lowest BCUT2D eigenvalue weighted by Crippen LogP contribution is -2.53. The van der Waals surface area contributed by atoms with Gasteiger partial charge in [0.15, 0.2) is 0 Å². The molecular weight excluding hydrogens is 404 g/mol. The second-order valence-corrected chi connectivity index (χ2v) is 9.53. The van der Waals surface area contributed by atoms with E-state index < -0.39 is 0 Å². The van der Waals surface area contributed by atoms with Crippen LogP contribution < -0.4 is 0 Å². The van der Waals surface area contributed by atoms with E-state index in [1.807, 2.05) is 29.7 Å². The molecule has 3 aliphatic heterocycles. The average Bonchev–Trinajstić information content (AvgIpc) is 3.20. The van der Waals surface area contributed by atoms with Gasteiger partial charge in [-0.15, -0.1) is 11.8 Å². The zero-order chi connectivity index (χ0) is 19.8. The molecule has 1 aliphatic carbocycles. The van der Waals surface area contributed by atoms with Crippen molar-refractivity contribution in [2.45, 2.75) is 43.4 Å². The lowest BCUT2D eigenvalue weighted by Gasteiger charge is -2.41. The summed E-state index contributed by atoms with van der Waals surface area (Å²) in [5, 5.41) is 2.42. The zero-order valence-electron chi connectivity index (χ0n) is 16.4. The number of aliphatic imine (C=N–C) groups is 2. The van der Waals surface area contributed by atoms with Crippen molar-refractivity contribution in [3.05, 3.63) is 40.3 Å². The minimum Gasteiger partial charge on any atom is -0.338 e. The molecule has 4 aliphatic rings. The SMILES string of the molecule is O=C1N=C(N2CCN(C3CCCCC3)CC2)N=C2C(c3ccc(Cl)cc3)=CSC12. The number of amides is 1. The molecule has 1 saturated heterocycles. The number of hydrogen-bond donors (Lipinski definition) is 0. The number of thioether (sulfide) groups is 1. The maximum atomic E-state index is 12.7. The Morgan fingerprint density at radius 1 is 0.966 bits per heavy atom. The molecule has 0 radical (unpaired) electrons. The van der Waals surface area contributed by atoms with Gasteiger partial charge < -0.3 is 4.90 Å². The number of fused-ring (bicyclic) bond motifs is 1. The Bertz CT molecular complexity index is 881. The molecule has 29 heavy (non-hydrogen) atoms. The quantitative estimate of drug-likeness (QED) is 0.712. The van der Waals surface area contributed by atoms with Crippen LogP contribution >= 0.6 is 23.4 Å². The summed E-state index contributed by atoms with van der Waals surface area (Å²) in [7, 11) is 0. The highest BCUT2D eigenvalue weighted by Crippen LogP contribution is 2.37. The molecule has 5 nitrogen and oxygen atoms in total. The van der Waals surface area contributed by atoms with E-state index in [0.29, 0.717) is 11.0 Å². The summed E-state index contributed by atoms with van der Waals surface area (Å²) in [5.74, 6) is 0.497. The fourth-order valence-corrected chi connectivity index (χ4v) is 5.84. The van der Waals surface area contributed by atoms with Crippen molar-refractivity contribution >= 4 is 46.5 Å². The molecule has 0 aromatic heterocycles. The third kappa shape index (κ3) is 3.90. The topological polar surface area (TPSA) is 48.3 Å². The minimum atomic E-state index is -0.312. The van der Waals surface area contributed by atoms with Crippen molar-refractivity contribution in [2.75, 3.05) is 26.2 Å². The van der Waals surface area contributed by atoms with Crippen LogP contribution in [0.3, 0.4) is 0 Å². The Kier molecular flexibility index (Phi) is 5.50. The summed E-state index contributed by atoms with van der Waals surface area (Å²) < 4.78 is 0. The molecule has 7 heteroatoms. The number of guanidine groups is 1. The predicted octanol–water partition coefficient (Wildman–Crippen LogP) is 4.08. The van der Waals surface area contributed by atoms with Crippen LogP contribution in [0.2, 0.25) is 5.02 Å². The van der Waals surface area contributed by atoms with Gasteiger partial charge in [-0.25, -0.2) is 4.99 Å². The second-order valence-electron chi connectivity index (χ2n) is 8.12. The maximum Gasteiger partial charge on any atom is 0.268 e. The largest absolute Gasteiger partial charge is 0.338 e. The molecule has 1 aromatic rings. The van der Waals surface area contributed by atoms with Gasteiger partial charge in [0.05, 0.1) is 5.71 Å². The molecule has 1 saturated carbocycles. The molecule has 3 heterocycles. The van der Waals surface area contributed by atoms with Crippen LogP contribution in [0.4, 0.5) is 0 Å². The highest BCUT2D eigenvalue weighted by Gasteiger charge is 2.37. The van der Waals surface area contributed by atoms with Crippen molar-refractivity contribution in [3.63, 3.8) is 0 Å². The van der Waals surface area contributed by atoms with E-state index in [0.717, 1.165) is 49.1 Å². The number of halogens is 1. The second kappa shape index (κ2) is 8.25. The molecule has 1 atom stereocenters. The van der Waals surface area contributed by atoms with Gasteiger partial charge >= 0.3 is 0 Å². The van der Waals surface area contributed by atoms with E-state index in [9.17, 15) is 4.79 Å². The highest BCUT2D eigenvalue weighted by atomic mass is 35.5. The first kappa shape index (κ1) is 19.3. The van der Waals surface area contributed by atoms with Gasteiger partial charge in [0.25, 0.3) is 5.91 Å². The number of allylic oxidation sites excluding steroid dienone is 1. The molecular formula is C22H25ClN4OS. The van der Waals surface area contributed by atoms with Gasteiger partial charge in [0.2, 0.25) is 5.96 Å². The van der Waals surface area contributed by atoms with Gasteiger partial charge in [-0.05, 0) is 35.9 Å². The first-order valence-corrected chi connectivity index (χ1v) is 11.8. The Morgan fingerprint density at radius 2 is 1.69 bits per heavy atom. The fourth-order valence-electron chi connectivity index (χ4n) is 4.71. The van der Waals surface area contributed by atoms with E-state index in [1.165, 1.54) is 43.9 Å². The average molecular weight is 429 g/mol. The highest BCUT2D eigenvalue weighted by molar-refractivity contribution is 8.05. The third-order valence-corrected chi connectivity index (χ3v) is 7.67. The lowest BCUT2D eigenvalue weighted by atomic mass is 9.94. The van der Waals surface area contributed by atoms with Crippen LogP contribution in [-0.2, 0) is 4.79 Å². The van der Waals surface area contributed by atoms with E-state index in [2.05, 4.69) is 14.8 Å². The summed E-state index contributed by atoms with van der Waals surface area (Å²) in [6.45, 7) is 3.83. The fraction of sp³-hybridized carbons (Fsp3) is 0.500. The third-order valence-electron chi connectivity index (χ3n) is 6.34. The smallest absolute Gasteiger partial charge is 0.268 e. The molecule has 0 spiro atoms. The van der Waals surface area contributed by atoms with Crippen LogP contribution in [0.1, 0.15) is 37.7 Å². The molecule has 1 aromatic carbocycles. The van der Waals surface area contributed by atoms with Crippen LogP contribution in [0, 0.1) is 0 Å². The van der Waals surface area contributed by atoms with Crippen molar-refractivity contribution in [3.8, 4) is 0 Å². The molecule has 1 unspecified atom stereocenters. The number of benzene rings is 1. The summed E-state index contributed by atoms with van der Waals surface area (Å²) in [5.41, 5.74) is 2.89. The lowest BCUT2D eigenvalue weighted by molar-refractivity contribution is -0.116. The maximum absolute atomic E-state index is 12.7. The van der Waals surface area contributed by atoms with Gasteiger partial charge in [0, 0.05) is 42.8 Å². The predicted molar refractivity (Wildman–Crippen MR) is 121 cm³/mol. The van der Waals surface area contributed by atoms with Crippen molar-refractivity contribution in [2.24, 2.45) is 9.98 Å². The molecule has 0 N–H and O–H groups in total. The Morgan fingerprint density at radius 3 is 2.41 bits per heavy atom. The van der Waals surface area contributed by atoms with Crippen LogP contribution in [-0.4, -0.2) is 64.8 Å². The molecule has 0 bridgehead atoms. The van der Waals surface area contributed by atoms with E-state index in [-0.39, 0.29) is 11.2 Å². The van der Waals surface area contributed by atoms with Crippen molar-refractivity contribution in [1.82, 2.24) is 9.80 Å². The summed E-state index contributed by atoms with van der Waals surface area (Å²) in [6, 6.07) is 8.46. The van der Waals surface area contributed by atoms with E-state index >= 15 is 0 Å². The van der Waals surface area contributed by atoms with Gasteiger partial charge in [-0.1, -0.05) is 43.0 Å². The summed E-state index contributed by atoms with van der Waals surface area (Å²) in [6.07, 6.45) is 6.76. The van der Waals surface area contributed by atoms with Crippen LogP contribution in [0.5, 0.6) is 0 Å².